The molecule has 3 N–H and O–H groups in total. The predicted molar refractivity (Wildman–Crippen MR) is 75.4 cm³/mol. The van der Waals surface area contributed by atoms with E-state index in [0.29, 0.717) is 0 Å². The molecule has 1 aliphatic carbocycles. The van der Waals surface area contributed by atoms with Gasteiger partial charge in [0.1, 0.15) is 0 Å². The van der Waals surface area contributed by atoms with Crippen molar-refractivity contribution >= 4 is 34.0 Å². The molecule has 0 radical (unpaired) electrons. The molecule has 3 nitrogen and oxygen atoms in total. The third-order valence-corrected chi connectivity index (χ3v) is 4.40. The van der Waals surface area contributed by atoms with Crippen molar-refractivity contribution in [3.63, 3.8) is 0 Å². The highest BCUT2D eigenvalue weighted by Crippen LogP contribution is 2.42. The normalized spacial score (nSPS) is 12.7. The Labute approximate surface area is 114 Å². The number of thiophene rings is 1. The first-order valence-electron chi connectivity index (χ1n) is 5.61. The lowest BCUT2D eigenvalue weighted by Gasteiger charge is -2.15. The van der Waals surface area contributed by atoms with Gasteiger partial charge in [-0.25, -0.2) is 4.79 Å². The minimum Gasteiger partial charge on any atom is -0.351 e. The monoisotopic (exact) mass is 278 g/mol. The molecule has 1 aromatic heterocycles. The minimum absolute atomic E-state index is 0.528. The van der Waals surface area contributed by atoms with Gasteiger partial charge in [0, 0.05) is 9.90 Å². The Morgan fingerprint density at radius 1 is 1.28 bits per heavy atom. The van der Waals surface area contributed by atoms with Gasteiger partial charge in [-0.1, -0.05) is 17.7 Å². The van der Waals surface area contributed by atoms with Crippen LogP contribution in [0.4, 0.5) is 9.80 Å². The average molecular weight is 279 g/mol. The lowest BCUT2D eigenvalue weighted by molar-refractivity contribution is 0.259. The molecule has 0 saturated carbocycles. The zero-order valence-electron chi connectivity index (χ0n) is 9.50. The Balaban J connectivity index is 2.08. The Bertz CT molecular complexity index is 636. The summed E-state index contributed by atoms with van der Waals surface area (Å²) in [6, 6.07) is 7.44. The summed E-state index contributed by atoms with van der Waals surface area (Å²) in [7, 11) is 0. The van der Waals surface area contributed by atoms with Crippen LogP contribution >= 0.6 is 22.9 Å². The molecule has 1 heterocycles. The van der Waals surface area contributed by atoms with Gasteiger partial charge >= 0.3 is 6.03 Å². The van der Waals surface area contributed by atoms with E-state index in [0.717, 1.165) is 22.9 Å². The second kappa shape index (κ2) is 4.30. The van der Waals surface area contributed by atoms with Crippen molar-refractivity contribution in [3.8, 4) is 10.4 Å². The summed E-state index contributed by atoms with van der Waals surface area (Å²) in [6.07, 6.45) is 1.99. The minimum atomic E-state index is -0.528. The number of halogens is 1. The van der Waals surface area contributed by atoms with E-state index in [9.17, 15) is 4.79 Å². The molecule has 0 saturated heterocycles. The van der Waals surface area contributed by atoms with Crippen molar-refractivity contribution in [2.24, 2.45) is 5.73 Å². The number of fused-ring (bicyclic) bond motifs is 3. The quantitative estimate of drug-likeness (QED) is 0.822. The van der Waals surface area contributed by atoms with Crippen LogP contribution in [0, 0.1) is 0 Å². The second-order valence-corrected chi connectivity index (χ2v) is 5.74. The maximum atomic E-state index is 10.9. The van der Waals surface area contributed by atoms with E-state index in [-0.39, 0.29) is 0 Å². The smallest absolute Gasteiger partial charge is 0.317 e. The maximum absolute atomic E-state index is 10.9. The number of carbonyl (C=O) groups excluding carboxylic acids is 1. The fraction of sp³-hybridized carbons (Fsp3) is 0.154. The lowest BCUT2D eigenvalue weighted by atomic mass is 9.92. The van der Waals surface area contributed by atoms with Gasteiger partial charge < -0.3 is 5.73 Å². The van der Waals surface area contributed by atoms with Gasteiger partial charge in [-0.3, -0.25) is 5.32 Å². The molecule has 1 aromatic carbocycles. The van der Waals surface area contributed by atoms with Crippen LogP contribution in [0.15, 0.2) is 24.3 Å². The molecule has 0 fully saturated rings. The van der Waals surface area contributed by atoms with Gasteiger partial charge in [0.15, 0.2) is 0 Å². The largest absolute Gasteiger partial charge is 0.351 e. The van der Waals surface area contributed by atoms with Crippen LogP contribution in [0.2, 0.25) is 5.02 Å². The van der Waals surface area contributed by atoms with Gasteiger partial charge in [0.2, 0.25) is 0 Å². The first-order valence-corrected chi connectivity index (χ1v) is 6.81. The second-order valence-electron chi connectivity index (χ2n) is 4.26. The van der Waals surface area contributed by atoms with Gasteiger partial charge in [-0.2, -0.15) is 0 Å². The number of urea groups is 1. The van der Waals surface area contributed by atoms with Gasteiger partial charge in [0.05, 0.1) is 5.00 Å². The molecule has 92 valence electrons. The van der Waals surface area contributed by atoms with E-state index >= 15 is 0 Å². The first-order chi connectivity index (χ1) is 8.63. The van der Waals surface area contributed by atoms with Crippen LogP contribution in [0.1, 0.15) is 11.1 Å². The molecule has 0 bridgehead atoms. The number of nitrogens with two attached hydrogens (primary N) is 1. The van der Waals surface area contributed by atoms with Crippen molar-refractivity contribution in [1.29, 1.82) is 0 Å². The third kappa shape index (κ3) is 1.98. The molecule has 5 heteroatoms. The van der Waals surface area contributed by atoms with E-state index in [2.05, 4.69) is 11.4 Å². The average Bonchev–Trinajstić information content (AvgIpc) is 2.70. The van der Waals surface area contributed by atoms with Gasteiger partial charge in [-0.15, -0.1) is 11.3 Å². The summed E-state index contributed by atoms with van der Waals surface area (Å²) in [5, 5.41) is 4.16. The first kappa shape index (κ1) is 11.6. The van der Waals surface area contributed by atoms with Crippen molar-refractivity contribution in [2.75, 3.05) is 5.32 Å². The Morgan fingerprint density at radius 2 is 2.06 bits per heavy atom. The molecule has 0 unspecified atom stereocenters. The molecular formula is C13H11ClN2OS. The number of hydrogen-bond acceptors (Lipinski definition) is 2. The predicted octanol–water partition coefficient (Wildman–Crippen LogP) is 3.66. The van der Waals surface area contributed by atoms with Crippen LogP contribution in [0.3, 0.4) is 0 Å². The number of benzene rings is 1. The zero-order valence-corrected chi connectivity index (χ0v) is 11.1. The van der Waals surface area contributed by atoms with Gasteiger partial charge in [-0.05, 0) is 47.7 Å². The van der Waals surface area contributed by atoms with Crippen LogP contribution < -0.4 is 11.1 Å². The number of anilines is 1. The van der Waals surface area contributed by atoms with Crippen LogP contribution in [0.25, 0.3) is 10.4 Å². The maximum Gasteiger partial charge on any atom is 0.317 e. The molecule has 2 aromatic rings. The summed E-state index contributed by atoms with van der Waals surface area (Å²) < 4.78 is 0. The van der Waals surface area contributed by atoms with E-state index in [4.69, 9.17) is 17.3 Å². The van der Waals surface area contributed by atoms with Crippen molar-refractivity contribution in [2.45, 2.75) is 12.8 Å². The lowest BCUT2D eigenvalue weighted by Crippen LogP contribution is -2.18. The third-order valence-electron chi connectivity index (χ3n) is 3.04. The summed E-state index contributed by atoms with van der Waals surface area (Å²) in [5.41, 5.74) is 8.86. The number of carbonyl (C=O) groups is 1. The molecular weight excluding hydrogens is 268 g/mol. The molecule has 0 spiro atoms. The number of primary amides is 1. The number of hydrogen-bond donors (Lipinski definition) is 2. The zero-order chi connectivity index (χ0) is 12.7. The van der Waals surface area contributed by atoms with Gasteiger partial charge in [0.25, 0.3) is 0 Å². The molecule has 1 aliphatic rings. The number of nitrogens with one attached hydrogen (secondary N) is 1. The highest BCUT2D eigenvalue weighted by atomic mass is 35.5. The van der Waals surface area contributed by atoms with Crippen molar-refractivity contribution in [3.05, 3.63) is 40.4 Å². The molecule has 0 aliphatic heterocycles. The Morgan fingerprint density at radius 3 is 2.83 bits per heavy atom. The van der Waals surface area contributed by atoms with Crippen LogP contribution in [-0.2, 0) is 12.8 Å². The number of rotatable bonds is 1. The molecule has 3 rings (SSSR count). The van der Waals surface area contributed by atoms with E-state index in [1.165, 1.54) is 21.6 Å². The van der Waals surface area contributed by atoms with Crippen molar-refractivity contribution < 1.29 is 4.79 Å². The summed E-state index contributed by atoms with van der Waals surface area (Å²) in [5.74, 6) is 0. The highest BCUT2D eigenvalue weighted by Gasteiger charge is 2.19. The fourth-order valence-electron chi connectivity index (χ4n) is 2.27. The standard InChI is InChI=1S/C13H11ClN2OS/c14-9-4-3-7-1-2-8-5-11(16-13(15)17)18-12(8)10(7)6-9/h3-6H,1-2H2,(H3,15,16,17). The van der Waals surface area contributed by atoms with Crippen LogP contribution in [0.5, 0.6) is 0 Å². The van der Waals surface area contributed by atoms with E-state index < -0.39 is 6.03 Å². The summed E-state index contributed by atoms with van der Waals surface area (Å²) in [4.78, 5) is 12.1. The Kier molecular flexibility index (Phi) is 2.76. The topological polar surface area (TPSA) is 55.1 Å². The van der Waals surface area contributed by atoms with Crippen molar-refractivity contribution in [1.82, 2.24) is 0 Å². The Hall–Kier alpha value is -1.52. The number of aryl methyl sites for hydroxylation is 2. The van der Waals surface area contributed by atoms with Crippen LogP contribution in [-0.4, -0.2) is 6.03 Å². The molecule has 2 amide bonds. The molecule has 0 atom stereocenters. The SMILES string of the molecule is NC(=O)Nc1cc2c(s1)-c1cc(Cl)ccc1CC2. The summed E-state index contributed by atoms with van der Waals surface area (Å²) >= 11 is 7.59. The van der Waals surface area contributed by atoms with E-state index in [1.807, 2.05) is 18.2 Å². The number of amides is 2. The molecule has 18 heavy (non-hydrogen) atoms. The highest BCUT2D eigenvalue weighted by molar-refractivity contribution is 7.19. The summed E-state index contributed by atoms with van der Waals surface area (Å²) in [6.45, 7) is 0. The van der Waals surface area contributed by atoms with E-state index in [1.54, 1.807) is 11.3 Å². The fourth-order valence-corrected chi connectivity index (χ4v) is 3.61.